The molecule has 0 amide bonds. The number of hydrogen-bond acceptors (Lipinski definition) is 9. The number of nitrogens with two attached hydrogens (primary N) is 1. The summed E-state index contributed by atoms with van der Waals surface area (Å²) in [5, 5.41) is 9.50. The summed E-state index contributed by atoms with van der Waals surface area (Å²) in [6.07, 6.45) is 0. The van der Waals surface area contributed by atoms with Gasteiger partial charge >= 0.3 is 11.9 Å². The van der Waals surface area contributed by atoms with E-state index in [2.05, 4.69) is 10.2 Å². The Kier molecular flexibility index (Phi) is 7.34. The van der Waals surface area contributed by atoms with Crippen molar-refractivity contribution in [2.24, 2.45) is 7.05 Å². The van der Waals surface area contributed by atoms with Gasteiger partial charge in [0.1, 0.15) is 9.88 Å². The van der Waals surface area contributed by atoms with E-state index in [1.807, 2.05) is 42.8 Å². The zero-order valence-corrected chi connectivity index (χ0v) is 19.4. The number of thiophene rings is 1. The fraction of sp³-hybridized carbons (Fsp3) is 0.333. The van der Waals surface area contributed by atoms with Crippen LogP contribution in [0.3, 0.4) is 0 Å². The van der Waals surface area contributed by atoms with E-state index in [1.165, 1.54) is 11.8 Å². The van der Waals surface area contributed by atoms with Crippen molar-refractivity contribution in [1.29, 1.82) is 0 Å². The second kappa shape index (κ2) is 9.97. The number of aryl methyl sites for hydroxylation is 1. The monoisotopic (exact) mass is 460 g/mol. The van der Waals surface area contributed by atoms with Crippen molar-refractivity contribution in [3.8, 4) is 11.4 Å². The number of aromatic nitrogens is 3. The first kappa shape index (κ1) is 22.8. The molecule has 164 valence electrons. The van der Waals surface area contributed by atoms with Gasteiger partial charge in [-0.1, -0.05) is 36.0 Å². The van der Waals surface area contributed by atoms with Crippen LogP contribution >= 0.6 is 23.1 Å². The Bertz CT molecular complexity index is 1110. The Morgan fingerprint density at radius 2 is 1.81 bits per heavy atom. The van der Waals surface area contributed by atoms with Gasteiger partial charge < -0.3 is 19.8 Å². The standard InChI is InChI=1S/C21H24N4O4S2/c1-5-28-19(26)15-14(16(31-17(15)22)20(27)29-6-2)11-30-21-24-23-18(25(21)4)13-10-8-7-9-12(13)3/h7-10H,5-6,11,22H2,1-4H3. The van der Waals surface area contributed by atoms with E-state index in [1.54, 1.807) is 13.8 Å². The van der Waals surface area contributed by atoms with E-state index < -0.39 is 11.9 Å². The highest BCUT2D eigenvalue weighted by molar-refractivity contribution is 7.98. The van der Waals surface area contributed by atoms with Crippen LogP contribution in [0.15, 0.2) is 29.4 Å². The molecule has 0 saturated heterocycles. The molecule has 3 aromatic rings. The molecule has 10 heteroatoms. The second-order valence-corrected chi connectivity index (χ2v) is 8.55. The van der Waals surface area contributed by atoms with Crippen LogP contribution in [0, 0.1) is 6.92 Å². The number of carbonyl (C=O) groups is 2. The molecule has 2 aromatic heterocycles. The molecule has 0 unspecified atom stereocenters. The molecular weight excluding hydrogens is 436 g/mol. The molecule has 0 bridgehead atoms. The number of ether oxygens (including phenoxy) is 2. The molecule has 0 spiro atoms. The summed E-state index contributed by atoms with van der Waals surface area (Å²) >= 11 is 2.39. The first-order chi connectivity index (χ1) is 14.9. The molecule has 0 fully saturated rings. The van der Waals surface area contributed by atoms with Crippen LogP contribution in [0.25, 0.3) is 11.4 Å². The quantitative estimate of drug-likeness (QED) is 0.396. The summed E-state index contributed by atoms with van der Waals surface area (Å²) in [7, 11) is 1.88. The summed E-state index contributed by atoms with van der Waals surface area (Å²) < 4.78 is 12.2. The second-order valence-electron chi connectivity index (χ2n) is 6.56. The van der Waals surface area contributed by atoms with Crippen LogP contribution in [-0.2, 0) is 22.3 Å². The minimum Gasteiger partial charge on any atom is -0.462 e. The van der Waals surface area contributed by atoms with Crippen LogP contribution in [0.5, 0.6) is 0 Å². The number of rotatable bonds is 8. The van der Waals surface area contributed by atoms with Gasteiger partial charge in [0.25, 0.3) is 0 Å². The topological polar surface area (TPSA) is 109 Å². The smallest absolute Gasteiger partial charge is 0.348 e. The first-order valence-electron chi connectivity index (χ1n) is 9.72. The largest absolute Gasteiger partial charge is 0.462 e. The van der Waals surface area contributed by atoms with Crippen molar-refractivity contribution < 1.29 is 19.1 Å². The highest BCUT2D eigenvalue weighted by Crippen LogP contribution is 2.37. The van der Waals surface area contributed by atoms with Crippen LogP contribution in [0.1, 0.15) is 45.0 Å². The van der Waals surface area contributed by atoms with Crippen molar-refractivity contribution in [2.45, 2.75) is 31.7 Å². The van der Waals surface area contributed by atoms with E-state index in [9.17, 15) is 9.59 Å². The van der Waals surface area contributed by atoms with Gasteiger partial charge in [-0.05, 0) is 26.3 Å². The van der Waals surface area contributed by atoms with Gasteiger partial charge in [0.15, 0.2) is 11.0 Å². The summed E-state index contributed by atoms with van der Waals surface area (Å²) in [6, 6.07) is 7.93. The molecule has 0 aliphatic carbocycles. The highest BCUT2D eigenvalue weighted by Gasteiger charge is 2.28. The Balaban J connectivity index is 1.93. The zero-order chi connectivity index (χ0) is 22.5. The maximum atomic E-state index is 12.5. The fourth-order valence-corrected chi connectivity index (χ4v) is 5.05. The maximum Gasteiger partial charge on any atom is 0.348 e. The van der Waals surface area contributed by atoms with Gasteiger partial charge in [0, 0.05) is 23.9 Å². The molecule has 0 radical (unpaired) electrons. The van der Waals surface area contributed by atoms with Gasteiger partial charge in [-0.15, -0.1) is 21.5 Å². The summed E-state index contributed by atoms with van der Waals surface area (Å²) in [6.45, 7) is 5.89. The maximum absolute atomic E-state index is 12.5. The van der Waals surface area contributed by atoms with Gasteiger partial charge in [-0.3, -0.25) is 0 Å². The molecule has 3 rings (SSSR count). The van der Waals surface area contributed by atoms with Crippen molar-refractivity contribution in [1.82, 2.24) is 14.8 Å². The molecule has 0 aliphatic heterocycles. The number of nitrogen functional groups attached to an aromatic ring is 1. The van der Waals surface area contributed by atoms with Gasteiger partial charge in [-0.25, -0.2) is 9.59 Å². The summed E-state index contributed by atoms with van der Waals surface area (Å²) in [5.41, 5.74) is 8.85. The Morgan fingerprint density at radius 3 is 2.48 bits per heavy atom. The molecule has 0 atom stereocenters. The van der Waals surface area contributed by atoms with Crippen LogP contribution in [0.4, 0.5) is 5.00 Å². The third kappa shape index (κ3) is 4.75. The van der Waals surface area contributed by atoms with Crippen LogP contribution in [-0.4, -0.2) is 39.9 Å². The molecule has 2 heterocycles. The normalized spacial score (nSPS) is 10.8. The van der Waals surface area contributed by atoms with E-state index in [0.717, 1.165) is 28.3 Å². The minimum absolute atomic E-state index is 0.207. The minimum atomic E-state index is -0.555. The first-order valence-corrected chi connectivity index (χ1v) is 11.5. The van der Waals surface area contributed by atoms with E-state index >= 15 is 0 Å². The lowest BCUT2D eigenvalue weighted by Gasteiger charge is -2.08. The van der Waals surface area contributed by atoms with Crippen LogP contribution in [0.2, 0.25) is 0 Å². The van der Waals surface area contributed by atoms with E-state index in [0.29, 0.717) is 15.6 Å². The lowest BCUT2D eigenvalue weighted by atomic mass is 10.1. The zero-order valence-electron chi connectivity index (χ0n) is 17.8. The Morgan fingerprint density at radius 1 is 1.13 bits per heavy atom. The summed E-state index contributed by atoms with van der Waals surface area (Å²) in [4.78, 5) is 25.3. The molecular formula is C21H24N4O4S2. The SMILES string of the molecule is CCOC(=O)c1sc(N)c(C(=O)OCC)c1CSc1nnc(-c2ccccc2C)n1C. The van der Waals surface area contributed by atoms with Crippen molar-refractivity contribution in [3.05, 3.63) is 45.8 Å². The number of benzene rings is 1. The molecule has 0 saturated carbocycles. The average Bonchev–Trinajstić information content (AvgIpc) is 3.26. The average molecular weight is 461 g/mol. The number of nitrogens with zero attached hydrogens (tertiary/aromatic N) is 3. The lowest BCUT2D eigenvalue weighted by Crippen LogP contribution is -2.11. The van der Waals surface area contributed by atoms with Crippen molar-refractivity contribution in [2.75, 3.05) is 18.9 Å². The fourth-order valence-electron chi connectivity index (χ4n) is 3.05. The Labute approximate surface area is 188 Å². The molecule has 1 aromatic carbocycles. The highest BCUT2D eigenvalue weighted by atomic mass is 32.2. The molecule has 2 N–H and O–H groups in total. The van der Waals surface area contributed by atoms with E-state index in [-0.39, 0.29) is 29.5 Å². The van der Waals surface area contributed by atoms with Gasteiger partial charge in [0.2, 0.25) is 0 Å². The Hall–Kier alpha value is -2.85. The number of hydrogen-bond donors (Lipinski definition) is 1. The predicted molar refractivity (Wildman–Crippen MR) is 121 cm³/mol. The van der Waals surface area contributed by atoms with Gasteiger partial charge in [-0.2, -0.15) is 0 Å². The number of carbonyl (C=O) groups excluding carboxylic acids is 2. The lowest BCUT2D eigenvalue weighted by molar-refractivity contribution is 0.0527. The molecule has 0 aliphatic rings. The van der Waals surface area contributed by atoms with Crippen molar-refractivity contribution in [3.63, 3.8) is 0 Å². The molecule has 31 heavy (non-hydrogen) atoms. The van der Waals surface area contributed by atoms with Crippen LogP contribution < -0.4 is 5.73 Å². The van der Waals surface area contributed by atoms with E-state index in [4.69, 9.17) is 15.2 Å². The number of thioether (sulfide) groups is 1. The predicted octanol–water partition coefficient (Wildman–Crippen LogP) is 4.08. The van der Waals surface area contributed by atoms with Crippen molar-refractivity contribution >= 4 is 40.0 Å². The molecule has 8 nitrogen and oxygen atoms in total. The summed E-state index contributed by atoms with van der Waals surface area (Å²) in [5.74, 6) is -0.0398. The number of anilines is 1. The van der Waals surface area contributed by atoms with Gasteiger partial charge in [0.05, 0.1) is 18.8 Å². The third-order valence-electron chi connectivity index (χ3n) is 4.54. The third-order valence-corrected chi connectivity index (χ3v) is 6.63. The number of esters is 2.